The zero-order chi connectivity index (χ0) is 11.0. The van der Waals surface area contributed by atoms with E-state index in [0.29, 0.717) is 11.5 Å². The lowest BCUT2D eigenvalue weighted by Crippen LogP contribution is -2.62. The summed E-state index contributed by atoms with van der Waals surface area (Å²) in [4.78, 5) is 10.5. The number of nitrogens with two attached hydrogens (primary N) is 1. The van der Waals surface area contributed by atoms with Gasteiger partial charge >= 0.3 is 0 Å². The number of nitrogen functional groups attached to an aromatic ring is 1. The number of nitrogens with zero attached hydrogens (tertiary/aromatic N) is 3. The van der Waals surface area contributed by atoms with Gasteiger partial charge < -0.3 is 16.0 Å². The maximum Gasteiger partial charge on any atom is 0.221 e. The standard InChI is InChI=1S/C11H17N5/c12-10-13-5-1-9(15-10)16-7-3-11(4-8-16)2-6-14-11/h1,5,14H,2-4,6-8H2,(H2,12,13,15). The van der Waals surface area contributed by atoms with Crippen LogP contribution in [0.1, 0.15) is 19.3 Å². The van der Waals surface area contributed by atoms with Crippen LogP contribution in [0.5, 0.6) is 0 Å². The van der Waals surface area contributed by atoms with Gasteiger partial charge in [-0.3, -0.25) is 0 Å². The van der Waals surface area contributed by atoms with Crippen LogP contribution in [-0.4, -0.2) is 35.1 Å². The second-order valence-electron chi connectivity index (χ2n) is 4.72. The quantitative estimate of drug-likeness (QED) is 0.715. The van der Waals surface area contributed by atoms with Crippen LogP contribution >= 0.6 is 0 Å². The number of piperidine rings is 1. The van der Waals surface area contributed by atoms with Crippen molar-refractivity contribution in [3.63, 3.8) is 0 Å². The Kier molecular flexibility index (Phi) is 2.21. The van der Waals surface area contributed by atoms with E-state index < -0.39 is 0 Å². The summed E-state index contributed by atoms with van der Waals surface area (Å²) in [5, 5.41) is 3.56. The Hall–Kier alpha value is -1.36. The van der Waals surface area contributed by atoms with E-state index in [1.165, 1.54) is 25.8 Å². The molecular formula is C11H17N5. The first kappa shape index (κ1) is 9.84. The molecule has 3 heterocycles. The van der Waals surface area contributed by atoms with E-state index in [1.54, 1.807) is 6.20 Å². The topological polar surface area (TPSA) is 67.1 Å². The third kappa shape index (κ3) is 1.61. The molecule has 0 unspecified atom stereocenters. The lowest BCUT2D eigenvalue weighted by molar-refractivity contribution is 0.163. The van der Waals surface area contributed by atoms with E-state index in [-0.39, 0.29) is 0 Å². The van der Waals surface area contributed by atoms with E-state index >= 15 is 0 Å². The Morgan fingerprint density at radius 3 is 2.62 bits per heavy atom. The van der Waals surface area contributed by atoms with E-state index in [2.05, 4.69) is 20.2 Å². The highest BCUT2D eigenvalue weighted by atomic mass is 15.2. The van der Waals surface area contributed by atoms with Crippen LogP contribution < -0.4 is 16.0 Å². The van der Waals surface area contributed by atoms with E-state index in [1.807, 2.05) is 6.07 Å². The Balaban J connectivity index is 1.69. The van der Waals surface area contributed by atoms with Crippen molar-refractivity contribution in [1.82, 2.24) is 15.3 Å². The minimum absolute atomic E-state index is 0.361. The van der Waals surface area contributed by atoms with Gasteiger partial charge in [-0.1, -0.05) is 0 Å². The molecule has 2 fully saturated rings. The summed E-state index contributed by atoms with van der Waals surface area (Å²) in [5.41, 5.74) is 6.03. The largest absolute Gasteiger partial charge is 0.368 e. The lowest BCUT2D eigenvalue weighted by atomic mass is 9.79. The molecule has 1 aromatic rings. The molecule has 0 saturated carbocycles. The summed E-state index contributed by atoms with van der Waals surface area (Å²) in [6.45, 7) is 3.30. The molecule has 0 bridgehead atoms. The molecular weight excluding hydrogens is 202 g/mol. The zero-order valence-electron chi connectivity index (χ0n) is 9.32. The Bertz CT molecular complexity index is 378. The van der Waals surface area contributed by atoms with Gasteiger partial charge in [0.25, 0.3) is 0 Å². The van der Waals surface area contributed by atoms with Crippen molar-refractivity contribution in [2.24, 2.45) is 0 Å². The summed E-state index contributed by atoms with van der Waals surface area (Å²) in [5.74, 6) is 1.32. The van der Waals surface area contributed by atoms with Crippen LogP contribution in [0.15, 0.2) is 12.3 Å². The van der Waals surface area contributed by atoms with Gasteiger partial charge in [-0.2, -0.15) is 4.98 Å². The van der Waals surface area contributed by atoms with Gasteiger partial charge in [0.05, 0.1) is 0 Å². The van der Waals surface area contributed by atoms with Crippen LogP contribution in [0.3, 0.4) is 0 Å². The molecule has 2 aliphatic heterocycles. The number of aromatic nitrogens is 2. The minimum atomic E-state index is 0.361. The van der Waals surface area contributed by atoms with Gasteiger partial charge in [0.1, 0.15) is 5.82 Å². The molecule has 0 radical (unpaired) electrons. The first-order valence-corrected chi connectivity index (χ1v) is 5.86. The van der Waals surface area contributed by atoms with Crippen LogP contribution in [0.2, 0.25) is 0 Å². The molecule has 3 N–H and O–H groups in total. The van der Waals surface area contributed by atoms with Crippen LogP contribution in [-0.2, 0) is 0 Å². The second kappa shape index (κ2) is 3.59. The zero-order valence-corrected chi connectivity index (χ0v) is 9.32. The number of hydrogen-bond donors (Lipinski definition) is 2. The summed E-state index contributed by atoms with van der Waals surface area (Å²) < 4.78 is 0. The molecule has 1 aromatic heterocycles. The van der Waals surface area contributed by atoms with Crippen molar-refractivity contribution < 1.29 is 0 Å². The Labute approximate surface area is 95.1 Å². The van der Waals surface area contributed by atoms with E-state index in [9.17, 15) is 0 Å². The monoisotopic (exact) mass is 219 g/mol. The molecule has 0 aliphatic carbocycles. The maximum atomic E-state index is 5.59. The molecule has 2 aliphatic rings. The van der Waals surface area contributed by atoms with Crippen LogP contribution in [0, 0.1) is 0 Å². The Morgan fingerprint density at radius 2 is 2.06 bits per heavy atom. The van der Waals surface area contributed by atoms with Crippen molar-refractivity contribution in [3.8, 4) is 0 Å². The minimum Gasteiger partial charge on any atom is -0.368 e. The molecule has 16 heavy (non-hydrogen) atoms. The van der Waals surface area contributed by atoms with Crippen molar-refractivity contribution in [2.75, 3.05) is 30.3 Å². The van der Waals surface area contributed by atoms with Gasteiger partial charge in [-0.15, -0.1) is 0 Å². The fraction of sp³-hybridized carbons (Fsp3) is 0.636. The third-order valence-electron chi connectivity index (χ3n) is 3.81. The highest BCUT2D eigenvalue weighted by Crippen LogP contribution is 2.32. The smallest absolute Gasteiger partial charge is 0.221 e. The highest BCUT2D eigenvalue weighted by Gasteiger charge is 2.39. The van der Waals surface area contributed by atoms with E-state index in [0.717, 1.165) is 18.9 Å². The lowest BCUT2D eigenvalue weighted by Gasteiger charge is -2.49. The van der Waals surface area contributed by atoms with Crippen molar-refractivity contribution in [2.45, 2.75) is 24.8 Å². The highest BCUT2D eigenvalue weighted by molar-refractivity contribution is 5.41. The Morgan fingerprint density at radius 1 is 1.31 bits per heavy atom. The van der Waals surface area contributed by atoms with Gasteiger partial charge in [0.15, 0.2) is 0 Å². The maximum absolute atomic E-state index is 5.59. The van der Waals surface area contributed by atoms with Gasteiger partial charge in [0, 0.05) is 24.8 Å². The molecule has 0 aromatic carbocycles. The van der Waals surface area contributed by atoms with Gasteiger partial charge in [-0.05, 0) is 31.9 Å². The molecule has 86 valence electrons. The summed E-state index contributed by atoms with van der Waals surface area (Å²) >= 11 is 0. The van der Waals surface area contributed by atoms with E-state index in [4.69, 9.17) is 5.73 Å². The third-order valence-corrected chi connectivity index (χ3v) is 3.81. The first-order chi connectivity index (χ1) is 7.77. The molecule has 1 spiro atoms. The average Bonchev–Trinajstić information content (AvgIpc) is 2.27. The average molecular weight is 219 g/mol. The molecule has 0 amide bonds. The van der Waals surface area contributed by atoms with Crippen molar-refractivity contribution >= 4 is 11.8 Å². The predicted octanol–water partition coefficient (Wildman–Crippen LogP) is 0.391. The summed E-state index contributed by atoms with van der Waals surface area (Å²) in [6, 6.07) is 1.93. The number of anilines is 2. The molecule has 5 nitrogen and oxygen atoms in total. The second-order valence-corrected chi connectivity index (χ2v) is 4.72. The molecule has 0 atom stereocenters. The van der Waals surface area contributed by atoms with Crippen LogP contribution in [0.25, 0.3) is 0 Å². The van der Waals surface area contributed by atoms with Crippen molar-refractivity contribution in [1.29, 1.82) is 0 Å². The summed E-state index contributed by atoms with van der Waals surface area (Å²) in [7, 11) is 0. The predicted molar refractivity (Wildman–Crippen MR) is 63.2 cm³/mol. The summed E-state index contributed by atoms with van der Waals surface area (Å²) in [6.07, 6.45) is 5.46. The fourth-order valence-corrected chi connectivity index (χ4v) is 2.61. The fourth-order valence-electron chi connectivity index (χ4n) is 2.61. The first-order valence-electron chi connectivity index (χ1n) is 5.86. The molecule has 5 heteroatoms. The van der Waals surface area contributed by atoms with Gasteiger partial charge in [0.2, 0.25) is 5.95 Å². The normalized spacial score (nSPS) is 23.1. The number of nitrogens with one attached hydrogen (secondary N) is 1. The number of hydrogen-bond acceptors (Lipinski definition) is 5. The van der Waals surface area contributed by atoms with Crippen molar-refractivity contribution in [3.05, 3.63) is 12.3 Å². The number of rotatable bonds is 1. The molecule has 3 rings (SSSR count). The van der Waals surface area contributed by atoms with Gasteiger partial charge in [-0.25, -0.2) is 4.98 Å². The van der Waals surface area contributed by atoms with Crippen LogP contribution in [0.4, 0.5) is 11.8 Å². The molecule has 2 saturated heterocycles. The SMILES string of the molecule is Nc1nccc(N2CCC3(CCN3)CC2)n1.